The molecule has 0 atom stereocenters. The molecule has 144 valence electrons. The highest BCUT2D eigenvalue weighted by Crippen LogP contribution is 2.25. The first-order chi connectivity index (χ1) is 13.8. The van der Waals surface area contributed by atoms with Crippen LogP contribution in [0.25, 0.3) is 28.3 Å². The second kappa shape index (κ2) is 10.6. The lowest BCUT2D eigenvalue weighted by Gasteiger charge is -2.08. The van der Waals surface area contributed by atoms with Crippen molar-refractivity contribution in [1.82, 2.24) is 0 Å². The third kappa shape index (κ3) is 5.68. The molecule has 0 saturated heterocycles. The third-order valence-electron chi connectivity index (χ3n) is 4.94. The van der Waals surface area contributed by atoms with Crippen LogP contribution in [-0.2, 0) is 11.3 Å². The molecule has 0 aliphatic rings. The minimum Gasteiger partial charge on any atom is -0.377 e. The lowest BCUT2D eigenvalue weighted by molar-refractivity contribution is 0.117. The van der Waals surface area contributed by atoms with Crippen LogP contribution in [-0.4, -0.2) is 6.61 Å². The summed E-state index contributed by atoms with van der Waals surface area (Å²) < 4.78 is 5.75. The monoisotopic (exact) mass is 370 g/mol. The molecular weight excluding hydrogens is 340 g/mol. The van der Waals surface area contributed by atoms with Crippen molar-refractivity contribution < 1.29 is 4.74 Å². The van der Waals surface area contributed by atoms with Crippen molar-refractivity contribution in [3.05, 3.63) is 90.0 Å². The zero-order chi connectivity index (χ0) is 19.6. The number of allylic oxidation sites excluding steroid dienone is 1. The molecule has 0 bridgehead atoms. The van der Waals surface area contributed by atoms with Crippen LogP contribution in [0, 0.1) is 0 Å². The maximum absolute atomic E-state index is 5.75. The Kier molecular flexibility index (Phi) is 7.63. The standard InChI is InChI=1S/C27H30O/c1-3-5-6-20-28-21-23-10-14-25(15-11-23)27-18-16-26(17-19-27)24-12-8-22(7-4-2)9-13-24/h4,7-19H,3,5-6,20-21H2,1-2H3. The molecule has 3 rings (SSSR count). The third-order valence-corrected chi connectivity index (χ3v) is 4.94. The Bertz CT molecular complexity index is 856. The summed E-state index contributed by atoms with van der Waals surface area (Å²) in [6.07, 6.45) is 7.81. The van der Waals surface area contributed by atoms with Crippen molar-refractivity contribution in [3.63, 3.8) is 0 Å². The zero-order valence-electron chi connectivity index (χ0n) is 17.0. The van der Waals surface area contributed by atoms with Gasteiger partial charge in [0.2, 0.25) is 0 Å². The fourth-order valence-corrected chi connectivity index (χ4v) is 3.27. The summed E-state index contributed by atoms with van der Waals surface area (Å²) in [6, 6.07) is 26.2. The average Bonchev–Trinajstić information content (AvgIpc) is 2.75. The highest BCUT2D eigenvalue weighted by atomic mass is 16.5. The maximum atomic E-state index is 5.75. The number of unbranched alkanes of at least 4 members (excludes halogenated alkanes) is 2. The lowest BCUT2D eigenvalue weighted by Crippen LogP contribution is -1.95. The van der Waals surface area contributed by atoms with Crippen molar-refractivity contribution in [3.8, 4) is 22.3 Å². The Hall–Kier alpha value is -2.64. The number of hydrogen-bond acceptors (Lipinski definition) is 1. The van der Waals surface area contributed by atoms with Crippen LogP contribution in [0.5, 0.6) is 0 Å². The van der Waals surface area contributed by atoms with Crippen molar-refractivity contribution in [2.45, 2.75) is 39.7 Å². The van der Waals surface area contributed by atoms with Crippen molar-refractivity contribution in [2.24, 2.45) is 0 Å². The van der Waals surface area contributed by atoms with Crippen LogP contribution in [0.1, 0.15) is 44.2 Å². The van der Waals surface area contributed by atoms with Gasteiger partial charge in [0, 0.05) is 6.61 Å². The van der Waals surface area contributed by atoms with E-state index in [-0.39, 0.29) is 0 Å². The van der Waals surface area contributed by atoms with Gasteiger partial charge in [-0.2, -0.15) is 0 Å². The smallest absolute Gasteiger partial charge is 0.0716 e. The van der Waals surface area contributed by atoms with E-state index in [4.69, 9.17) is 4.74 Å². The van der Waals surface area contributed by atoms with E-state index in [9.17, 15) is 0 Å². The van der Waals surface area contributed by atoms with Crippen LogP contribution < -0.4 is 0 Å². The van der Waals surface area contributed by atoms with E-state index in [1.807, 2.05) is 6.92 Å². The van der Waals surface area contributed by atoms with Gasteiger partial charge in [0.1, 0.15) is 0 Å². The highest BCUT2D eigenvalue weighted by Gasteiger charge is 2.02. The van der Waals surface area contributed by atoms with Gasteiger partial charge in [0.05, 0.1) is 6.61 Å². The molecule has 0 aliphatic heterocycles. The molecule has 0 heterocycles. The van der Waals surface area contributed by atoms with Crippen LogP contribution >= 0.6 is 0 Å². The first kappa shape index (κ1) is 20.1. The molecule has 0 unspecified atom stereocenters. The van der Waals surface area contributed by atoms with E-state index < -0.39 is 0 Å². The van der Waals surface area contributed by atoms with Gasteiger partial charge in [0.15, 0.2) is 0 Å². The Labute approximate surface area is 169 Å². The second-order valence-corrected chi connectivity index (χ2v) is 7.16. The van der Waals surface area contributed by atoms with Gasteiger partial charge in [-0.15, -0.1) is 0 Å². The summed E-state index contributed by atoms with van der Waals surface area (Å²) in [5.41, 5.74) is 7.44. The normalized spacial score (nSPS) is 11.2. The molecular formula is C27H30O. The van der Waals surface area contributed by atoms with E-state index in [0.717, 1.165) is 13.0 Å². The molecule has 0 N–H and O–H groups in total. The molecule has 0 aliphatic carbocycles. The number of ether oxygens (including phenoxy) is 1. The van der Waals surface area contributed by atoms with Gasteiger partial charge in [-0.3, -0.25) is 0 Å². The summed E-state index contributed by atoms with van der Waals surface area (Å²) in [6.45, 7) is 5.81. The first-order valence-corrected chi connectivity index (χ1v) is 10.3. The van der Waals surface area contributed by atoms with Crippen molar-refractivity contribution >= 4 is 6.08 Å². The van der Waals surface area contributed by atoms with Gasteiger partial charge in [0.25, 0.3) is 0 Å². The fourth-order valence-electron chi connectivity index (χ4n) is 3.27. The van der Waals surface area contributed by atoms with Crippen LogP contribution in [0.3, 0.4) is 0 Å². The van der Waals surface area contributed by atoms with Gasteiger partial charge >= 0.3 is 0 Å². The Morgan fingerprint density at radius 1 is 0.679 bits per heavy atom. The summed E-state index contributed by atoms with van der Waals surface area (Å²) in [5.74, 6) is 0. The average molecular weight is 371 g/mol. The van der Waals surface area contributed by atoms with E-state index >= 15 is 0 Å². The quantitative estimate of drug-likeness (QED) is 0.350. The number of hydrogen-bond donors (Lipinski definition) is 0. The maximum Gasteiger partial charge on any atom is 0.0716 e. The molecule has 0 spiro atoms. The molecule has 1 heteroatoms. The van der Waals surface area contributed by atoms with Crippen LogP contribution in [0.4, 0.5) is 0 Å². The molecule has 28 heavy (non-hydrogen) atoms. The number of rotatable bonds is 9. The van der Waals surface area contributed by atoms with Crippen LogP contribution in [0.15, 0.2) is 78.9 Å². The summed E-state index contributed by atoms with van der Waals surface area (Å²) in [7, 11) is 0. The Balaban J connectivity index is 1.61. The highest BCUT2D eigenvalue weighted by molar-refractivity contribution is 5.71. The minimum atomic E-state index is 0.701. The molecule has 0 radical (unpaired) electrons. The fraction of sp³-hybridized carbons (Fsp3) is 0.259. The van der Waals surface area contributed by atoms with Gasteiger partial charge in [-0.25, -0.2) is 0 Å². The predicted molar refractivity (Wildman–Crippen MR) is 121 cm³/mol. The van der Waals surface area contributed by atoms with E-state index in [2.05, 4.69) is 91.9 Å². The molecule has 0 aromatic heterocycles. The SMILES string of the molecule is CC=Cc1ccc(-c2ccc(-c3ccc(COCCCCC)cc3)cc2)cc1. The first-order valence-electron chi connectivity index (χ1n) is 10.3. The predicted octanol–water partition coefficient (Wildman–Crippen LogP) is 7.76. The Morgan fingerprint density at radius 2 is 1.18 bits per heavy atom. The summed E-state index contributed by atoms with van der Waals surface area (Å²) in [4.78, 5) is 0. The van der Waals surface area contributed by atoms with E-state index in [1.165, 1.54) is 46.2 Å². The largest absolute Gasteiger partial charge is 0.377 e. The molecule has 0 amide bonds. The van der Waals surface area contributed by atoms with Crippen molar-refractivity contribution in [1.29, 1.82) is 0 Å². The lowest BCUT2D eigenvalue weighted by atomic mass is 9.99. The summed E-state index contributed by atoms with van der Waals surface area (Å²) in [5, 5.41) is 0. The van der Waals surface area contributed by atoms with Gasteiger partial charge in [-0.1, -0.05) is 105 Å². The topological polar surface area (TPSA) is 9.23 Å². The van der Waals surface area contributed by atoms with Gasteiger partial charge < -0.3 is 4.74 Å². The minimum absolute atomic E-state index is 0.701. The summed E-state index contributed by atoms with van der Waals surface area (Å²) >= 11 is 0. The zero-order valence-corrected chi connectivity index (χ0v) is 17.0. The molecule has 1 nitrogen and oxygen atoms in total. The van der Waals surface area contributed by atoms with Gasteiger partial charge in [-0.05, 0) is 46.7 Å². The second-order valence-electron chi connectivity index (χ2n) is 7.16. The van der Waals surface area contributed by atoms with Crippen molar-refractivity contribution in [2.75, 3.05) is 6.61 Å². The number of benzene rings is 3. The van der Waals surface area contributed by atoms with E-state index in [0.29, 0.717) is 6.61 Å². The van der Waals surface area contributed by atoms with E-state index in [1.54, 1.807) is 0 Å². The Morgan fingerprint density at radius 3 is 1.68 bits per heavy atom. The molecule has 0 fully saturated rings. The molecule has 3 aromatic carbocycles. The van der Waals surface area contributed by atoms with Crippen LogP contribution in [0.2, 0.25) is 0 Å². The molecule has 0 saturated carbocycles. The molecule has 3 aromatic rings.